The van der Waals surface area contributed by atoms with E-state index in [9.17, 15) is 27.6 Å². The van der Waals surface area contributed by atoms with Gasteiger partial charge in [-0.15, -0.1) is 0 Å². The summed E-state index contributed by atoms with van der Waals surface area (Å²) >= 11 is 0. The quantitative estimate of drug-likeness (QED) is 0.868. The molecule has 0 bridgehead atoms. The minimum atomic E-state index is -4.68. The summed E-state index contributed by atoms with van der Waals surface area (Å²) in [5.41, 5.74) is -2.73. The fraction of sp³-hybridized carbons (Fsp3) is 0.500. The Morgan fingerprint density at radius 2 is 2.09 bits per heavy atom. The van der Waals surface area contributed by atoms with Crippen molar-refractivity contribution in [1.82, 2.24) is 15.2 Å². The van der Waals surface area contributed by atoms with Crippen molar-refractivity contribution < 1.29 is 22.8 Å². The van der Waals surface area contributed by atoms with Gasteiger partial charge in [-0.05, 0) is 25.5 Å². The molecule has 0 saturated carbocycles. The van der Waals surface area contributed by atoms with E-state index in [-0.39, 0.29) is 5.91 Å². The number of rotatable bonds is 4. The molecule has 1 aliphatic rings. The molecule has 6 nitrogen and oxygen atoms in total. The van der Waals surface area contributed by atoms with Crippen LogP contribution < -0.4 is 10.9 Å². The van der Waals surface area contributed by atoms with Crippen molar-refractivity contribution in [3.63, 3.8) is 0 Å². The molecule has 2 amide bonds. The van der Waals surface area contributed by atoms with Crippen LogP contribution in [0.25, 0.3) is 0 Å². The highest BCUT2D eigenvalue weighted by atomic mass is 19.4. The molecule has 1 aliphatic heterocycles. The number of hydrogen-bond donors (Lipinski definition) is 2. The molecule has 0 radical (unpaired) electrons. The molecule has 126 valence electrons. The Morgan fingerprint density at radius 3 is 2.61 bits per heavy atom. The zero-order valence-corrected chi connectivity index (χ0v) is 12.4. The zero-order valence-electron chi connectivity index (χ0n) is 12.4. The lowest BCUT2D eigenvalue weighted by Crippen LogP contribution is -2.43. The number of pyridine rings is 1. The molecule has 0 aliphatic carbocycles. The molecule has 1 aromatic rings. The van der Waals surface area contributed by atoms with Gasteiger partial charge in [-0.25, -0.2) is 0 Å². The summed E-state index contributed by atoms with van der Waals surface area (Å²) in [5, 5.41) is 2.51. The van der Waals surface area contributed by atoms with E-state index < -0.39 is 34.9 Å². The van der Waals surface area contributed by atoms with Crippen LogP contribution in [0.1, 0.15) is 35.8 Å². The monoisotopic (exact) mass is 331 g/mol. The van der Waals surface area contributed by atoms with E-state index in [1.165, 1.54) is 0 Å². The van der Waals surface area contributed by atoms with Gasteiger partial charge in [-0.2, -0.15) is 13.2 Å². The number of hydrogen-bond acceptors (Lipinski definition) is 3. The number of carbonyl (C=O) groups is 2. The summed E-state index contributed by atoms with van der Waals surface area (Å²) in [6, 6.07) is 1.06. The van der Waals surface area contributed by atoms with Gasteiger partial charge < -0.3 is 15.2 Å². The van der Waals surface area contributed by atoms with Crippen LogP contribution in [0.15, 0.2) is 16.9 Å². The third-order valence-electron chi connectivity index (χ3n) is 3.50. The molecular weight excluding hydrogens is 315 g/mol. The molecule has 2 N–H and O–H groups in total. The topological polar surface area (TPSA) is 82.3 Å². The van der Waals surface area contributed by atoms with Crippen molar-refractivity contribution in [2.75, 3.05) is 13.1 Å². The van der Waals surface area contributed by atoms with Crippen LogP contribution >= 0.6 is 0 Å². The molecule has 0 spiro atoms. The smallest absolute Gasteiger partial charge is 0.348 e. The van der Waals surface area contributed by atoms with E-state index in [0.29, 0.717) is 25.6 Å². The Morgan fingerprint density at radius 1 is 1.39 bits per heavy atom. The predicted octanol–water partition coefficient (Wildman–Crippen LogP) is 1.13. The lowest BCUT2D eigenvalue weighted by Gasteiger charge is -2.21. The van der Waals surface area contributed by atoms with Crippen LogP contribution in [0, 0.1) is 0 Å². The number of carbonyl (C=O) groups excluding carboxylic acids is 2. The van der Waals surface area contributed by atoms with Gasteiger partial charge in [0.1, 0.15) is 11.3 Å². The number of amides is 2. The van der Waals surface area contributed by atoms with Crippen molar-refractivity contribution in [3.8, 4) is 0 Å². The fourth-order valence-electron chi connectivity index (χ4n) is 2.39. The van der Waals surface area contributed by atoms with Crippen molar-refractivity contribution in [3.05, 3.63) is 33.7 Å². The molecule has 1 fully saturated rings. The van der Waals surface area contributed by atoms with E-state index in [2.05, 4.69) is 5.32 Å². The highest BCUT2D eigenvalue weighted by Gasteiger charge is 2.32. The highest BCUT2D eigenvalue weighted by Crippen LogP contribution is 2.26. The van der Waals surface area contributed by atoms with Crippen LogP contribution in [0.2, 0.25) is 0 Å². The largest absolute Gasteiger partial charge is 0.431 e. The van der Waals surface area contributed by atoms with Gasteiger partial charge in [0.05, 0.1) is 0 Å². The minimum Gasteiger partial charge on any atom is -0.348 e. The molecule has 1 saturated heterocycles. The number of nitrogens with one attached hydrogen (secondary N) is 2. The Hall–Kier alpha value is -2.32. The number of H-pyrrole nitrogens is 1. The predicted molar refractivity (Wildman–Crippen MR) is 74.8 cm³/mol. The molecule has 0 aromatic carbocycles. The van der Waals surface area contributed by atoms with Gasteiger partial charge in [0.25, 0.3) is 11.5 Å². The molecule has 1 unspecified atom stereocenters. The number of likely N-dealkylation sites (tertiary alicyclic amines) is 1. The lowest BCUT2D eigenvalue weighted by molar-refractivity contribution is -0.141. The Kier molecular flexibility index (Phi) is 4.76. The molecule has 1 aromatic heterocycles. The lowest BCUT2D eigenvalue weighted by atomic mass is 10.2. The zero-order chi connectivity index (χ0) is 17.2. The first-order chi connectivity index (χ1) is 10.7. The number of halogens is 3. The molecule has 2 heterocycles. The van der Waals surface area contributed by atoms with E-state index in [1.54, 1.807) is 16.8 Å². The minimum absolute atomic E-state index is 0.00141. The number of aromatic nitrogens is 1. The summed E-state index contributed by atoms with van der Waals surface area (Å²) in [5.74, 6) is -0.780. The third-order valence-corrected chi connectivity index (χ3v) is 3.50. The van der Waals surface area contributed by atoms with Crippen molar-refractivity contribution in [2.45, 2.75) is 32.0 Å². The van der Waals surface area contributed by atoms with Gasteiger partial charge >= 0.3 is 6.18 Å². The van der Waals surface area contributed by atoms with Crippen molar-refractivity contribution in [1.29, 1.82) is 0 Å². The van der Waals surface area contributed by atoms with Crippen LogP contribution in [0.4, 0.5) is 13.2 Å². The van der Waals surface area contributed by atoms with E-state index in [4.69, 9.17) is 0 Å². The van der Waals surface area contributed by atoms with Gasteiger partial charge in [-0.3, -0.25) is 14.4 Å². The van der Waals surface area contributed by atoms with Crippen molar-refractivity contribution >= 4 is 11.8 Å². The molecule has 1 atom stereocenters. The van der Waals surface area contributed by atoms with Gasteiger partial charge in [-0.1, -0.05) is 0 Å². The van der Waals surface area contributed by atoms with Gasteiger partial charge in [0.15, 0.2) is 0 Å². The SMILES string of the molecule is CC(CN1CCCC1=O)NC(=O)c1ccc(C(F)(F)F)[nH]c1=O. The fourth-order valence-corrected chi connectivity index (χ4v) is 2.39. The van der Waals surface area contributed by atoms with Crippen LogP contribution in [-0.4, -0.2) is 40.8 Å². The highest BCUT2D eigenvalue weighted by molar-refractivity contribution is 5.94. The normalized spacial score (nSPS) is 16.5. The third kappa shape index (κ3) is 4.11. The van der Waals surface area contributed by atoms with E-state index >= 15 is 0 Å². The average molecular weight is 331 g/mol. The first kappa shape index (κ1) is 17.0. The van der Waals surface area contributed by atoms with Gasteiger partial charge in [0, 0.05) is 25.6 Å². The summed E-state index contributed by atoms with van der Waals surface area (Å²) < 4.78 is 37.4. The number of aromatic amines is 1. The van der Waals surface area contributed by atoms with E-state index in [1.807, 2.05) is 0 Å². The second kappa shape index (κ2) is 6.43. The summed E-state index contributed by atoms with van der Waals surface area (Å²) in [6.07, 6.45) is -3.45. The van der Waals surface area contributed by atoms with Crippen LogP contribution in [0.5, 0.6) is 0 Å². The standard InChI is InChI=1S/C14H16F3N3O3/c1-8(7-20-6-2-3-11(20)21)18-12(22)9-4-5-10(14(15,16)17)19-13(9)23/h4-5,8H,2-3,6-7H2,1H3,(H,18,22)(H,19,23). The molecule has 2 rings (SSSR count). The molecule has 23 heavy (non-hydrogen) atoms. The average Bonchev–Trinajstić information content (AvgIpc) is 2.82. The number of alkyl halides is 3. The Bertz CT molecular complexity index is 669. The van der Waals surface area contributed by atoms with Crippen LogP contribution in [0.3, 0.4) is 0 Å². The van der Waals surface area contributed by atoms with E-state index in [0.717, 1.165) is 12.5 Å². The first-order valence-electron chi connectivity index (χ1n) is 7.07. The van der Waals surface area contributed by atoms with Gasteiger partial charge in [0.2, 0.25) is 5.91 Å². The maximum atomic E-state index is 12.5. The first-order valence-corrected chi connectivity index (χ1v) is 7.07. The molecular formula is C14H16F3N3O3. The Balaban J connectivity index is 2.03. The second-order valence-corrected chi connectivity index (χ2v) is 5.43. The summed E-state index contributed by atoms with van der Waals surface area (Å²) in [6.45, 7) is 2.56. The number of nitrogens with zero attached hydrogens (tertiary/aromatic N) is 1. The molecule has 9 heteroatoms. The second-order valence-electron chi connectivity index (χ2n) is 5.43. The van der Waals surface area contributed by atoms with Crippen molar-refractivity contribution in [2.24, 2.45) is 0 Å². The Labute approximate surface area is 129 Å². The summed E-state index contributed by atoms with van der Waals surface area (Å²) in [4.78, 5) is 38.3. The summed E-state index contributed by atoms with van der Waals surface area (Å²) in [7, 11) is 0. The maximum absolute atomic E-state index is 12.5. The maximum Gasteiger partial charge on any atom is 0.431 e. The van der Waals surface area contributed by atoms with Crippen LogP contribution in [-0.2, 0) is 11.0 Å².